The number of rotatable bonds is 5. The lowest BCUT2D eigenvalue weighted by Crippen LogP contribution is -2.37. The molecule has 128 valence electrons. The van der Waals surface area contributed by atoms with Gasteiger partial charge in [0.25, 0.3) is 5.56 Å². The smallest absolute Gasteiger partial charge is 0.330 e. The van der Waals surface area contributed by atoms with E-state index in [0.29, 0.717) is 0 Å². The van der Waals surface area contributed by atoms with Crippen molar-refractivity contribution in [2.45, 2.75) is 31.1 Å². The first kappa shape index (κ1) is 16.5. The topological polar surface area (TPSA) is 127 Å². The molecule has 0 aliphatic carbocycles. The van der Waals surface area contributed by atoms with Gasteiger partial charge in [-0.3, -0.25) is 19.3 Å². The molecule has 3 N–H and O–H groups in total. The fraction of sp³-hybridized carbons (Fsp3) is 0.400. The van der Waals surface area contributed by atoms with Crippen LogP contribution < -0.4 is 11.2 Å². The Morgan fingerprint density at radius 1 is 1.29 bits per heavy atom. The molecule has 1 fully saturated rings. The molecule has 0 spiro atoms. The van der Waals surface area contributed by atoms with Gasteiger partial charge >= 0.3 is 5.69 Å². The molecular formula is C15H17N3O6. The maximum Gasteiger partial charge on any atom is 0.330 e. The minimum atomic E-state index is -1.32. The molecule has 3 heterocycles. The van der Waals surface area contributed by atoms with E-state index in [2.05, 4.69) is 9.97 Å². The molecule has 1 aliphatic heterocycles. The Kier molecular flexibility index (Phi) is 4.86. The number of ether oxygens (including phenoxy) is 2. The summed E-state index contributed by atoms with van der Waals surface area (Å²) in [6.45, 7) is 0.307. The van der Waals surface area contributed by atoms with Crippen molar-refractivity contribution in [1.29, 1.82) is 0 Å². The minimum Gasteiger partial charge on any atom is -0.387 e. The Labute approximate surface area is 136 Å². The van der Waals surface area contributed by atoms with Crippen LogP contribution in [0, 0.1) is 0 Å². The van der Waals surface area contributed by atoms with Gasteiger partial charge in [0.2, 0.25) is 0 Å². The highest BCUT2D eigenvalue weighted by atomic mass is 16.6. The number of aromatic amines is 1. The fourth-order valence-corrected chi connectivity index (χ4v) is 2.50. The van der Waals surface area contributed by atoms with Crippen molar-refractivity contribution in [1.82, 2.24) is 14.5 Å². The molecule has 4 atom stereocenters. The number of H-pyrrole nitrogens is 1. The van der Waals surface area contributed by atoms with E-state index < -0.39 is 35.8 Å². The van der Waals surface area contributed by atoms with E-state index in [0.717, 1.165) is 16.2 Å². The van der Waals surface area contributed by atoms with Gasteiger partial charge in [-0.05, 0) is 11.6 Å². The molecule has 0 amide bonds. The van der Waals surface area contributed by atoms with E-state index in [9.17, 15) is 19.8 Å². The van der Waals surface area contributed by atoms with Crippen molar-refractivity contribution >= 4 is 0 Å². The van der Waals surface area contributed by atoms with Crippen LogP contribution in [0.4, 0.5) is 0 Å². The summed E-state index contributed by atoms with van der Waals surface area (Å²) in [5.74, 6) is 0. The number of nitrogens with zero attached hydrogens (tertiary/aromatic N) is 2. The molecule has 24 heavy (non-hydrogen) atoms. The summed E-state index contributed by atoms with van der Waals surface area (Å²) in [4.78, 5) is 28.9. The van der Waals surface area contributed by atoms with Crippen LogP contribution in [0.15, 0.2) is 46.4 Å². The minimum absolute atomic E-state index is 0.0295. The zero-order valence-electron chi connectivity index (χ0n) is 12.6. The summed E-state index contributed by atoms with van der Waals surface area (Å²) in [7, 11) is 0. The van der Waals surface area contributed by atoms with E-state index in [1.165, 1.54) is 6.20 Å². The number of hydrogen-bond acceptors (Lipinski definition) is 7. The molecule has 1 aliphatic rings. The first-order valence-electron chi connectivity index (χ1n) is 7.36. The van der Waals surface area contributed by atoms with Gasteiger partial charge in [0.05, 0.1) is 13.2 Å². The predicted octanol–water partition coefficient (Wildman–Crippen LogP) is -1.23. The number of hydrogen-bond donors (Lipinski definition) is 3. The van der Waals surface area contributed by atoms with Gasteiger partial charge in [-0.15, -0.1) is 0 Å². The van der Waals surface area contributed by atoms with Crippen LogP contribution in [0.5, 0.6) is 0 Å². The van der Waals surface area contributed by atoms with Crippen molar-refractivity contribution in [2.24, 2.45) is 0 Å². The first-order chi connectivity index (χ1) is 11.6. The van der Waals surface area contributed by atoms with Crippen LogP contribution in [0.25, 0.3) is 0 Å². The number of pyridine rings is 1. The van der Waals surface area contributed by atoms with Gasteiger partial charge in [-0.1, -0.05) is 6.07 Å². The van der Waals surface area contributed by atoms with Crippen molar-refractivity contribution in [3.8, 4) is 0 Å². The molecule has 0 radical (unpaired) electrons. The van der Waals surface area contributed by atoms with E-state index in [4.69, 9.17) is 9.47 Å². The number of aromatic nitrogens is 3. The van der Waals surface area contributed by atoms with Crippen LogP contribution in [0.3, 0.4) is 0 Å². The normalized spacial score (nSPS) is 26.6. The molecular weight excluding hydrogens is 318 g/mol. The van der Waals surface area contributed by atoms with Gasteiger partial charge in [-0.2, -0.15) is 0 Å². The van der Waals surface area contributed by atoms with E-state index >= 15 is 0 Å². The van der Waals surface area contributed by atoms with Gasteiger partial charge in [0, 0.05) is 24.7 Å². The zero-order chi connectivity index (χ0) is 17.1. The Hall–Kier alpha value is -2.33. The molecule has 3 rings (SSSR count). The van der Waals surface area contributed by atoms with E-state index in [-0.39, 0.29) is 13.2 Å². The lowest BCUT2D eigenvalue weighted by atomic mass is 10.1. The lowest BCUT2D eigenvalue weighted by Gasteiger charge is -2.16. The third-order valence-corrected chi connectivity index (χ3v) is 3.74. The lowest BCUT2D eigenvalue weighted by molar-refractivity contribution is -0.0711. The van der Waals surface area contributed by atoms with Crippen molar-refractivity contribution in [3.05, 3.63) is 63.2 Å². The summed E-state index contributed by atoms with van der Waals surface area (Å²) >= 11 is 0. The van der Waals surface area contributed by atoms with Gasteiger partial charge in [0.15, 0.2) is 6.23 Å². The predicted molar refractivity (Wildman–Crippen MR) is 81.1 cm³/mol. The number of aliphatic hydroxyl groups excluding tert-OH is 2. The highest BCUT2D eigenvalue weighted by molar-refractivity contribution is 5.06. The first-order valence-corrected chi connectivity index (χ1v) is 7.36. The van der Waals surface area contributed by atoms with Crippen LogP contribution in [0.1, 0.15) is 11.8 Å². The molecule has 0 aromatic carbocycles. The second kappa shape index (κ2) is 7.05. The van der Waals surface area contributed by atoms with E-state index in [1.807, 2.05) is 6.07 Å². The Morgan fingerprint density at radius 3 is 2.83 bits per heavy atom. The largest absolute Gasteiger partial charge is 0.387 e. The Morgan fingerprint density at radius 2 is 2.12 bits per heavy atom. The molecule has 9 heteroatoms. The molecule has 2 aromatic rings. The average Bonchev–Trinajstić information content (AvgIpc) is 2.84. The van der Waals surface area contributed by atoms with Crippen LogP contribution >= 0.6 is 0 Å². The summed E-state index contributed by atoms with van der Waals surface area (Å²) < 4.78 is 12.0. The van der Waals surface area contributed by atoms with Crippen LogP contribution in [-0.2, 0) is 16.1 Å². The Bertz CT molecular complexity index is 790. The number of aliphatic hydroxyl groups is 2. The van der Waals surface area contributed by atoms with Gasteiger partial charge in [0.1, 0.15) is 18.3 Å². The molecule has 0 bridgehead atoms. The maximum atomic E-state index is 11.8. The maximum absolute atomic E-state index is 11.8. The second-order valence-electron chi connectivity index (χ2n) is 5.44. The molecule has 1 saturated heterocycles. The van der Waals surface area contributed by atoms with E-state index in [1.54, 1.807) is 18.5 Å². The SMILES string of the molecule is O=c1ccn([C@@H]2O[C@H](COCc3cccnc3)[C@@H](O)[C@H]2O)c(=O)[nH]1. The van der Waals surface area contributed by atoms with Crippen molar-refractivity contribution < 1.29 is 19.7 Å². The molecule has 2 aromatic heterocycles. The zero-order valence-corrected chi connectivity index (χ0v) is 12.6. The van der Waals surface area contributed by atoms with Crippen LogP contribution in [-0.4, -0.2) is 49.7 Å². The van der Waals surface area contributed by atoms with Crippen molar-refractivity contribution in [3.63, 3.8) is 0 Å². The molecule has 0 unspecified atom stereocenters. The summed E-state index contributed by atoms with van der Waals surface area (Å²) in [5, 5.41) is 20.2. The second-order valence-corrected chi connectivity index (χ2v) is 5.44. The summed E-state index contributed by atoms with van der Waals surface area (Å²) in [6, 6.07) is 4.76. The molecule has 0 saturated carbocycles. The fourth-order valence-electron chi connectivity index (χ4n) is 2.50. The highest BCUT2D eigenvalue weighted by Crippen LogP contribution is 2.28. The monoisotopic (exact) mass is 335 g/mol. The number of nitrogens with one attached hydrogen (secondary N) is 1. The summed E-state index contributed by atoms with van der Waals surface area (Å²) in [5.41, 5.74) is -0.421. The summed E-state index contributed by atoms with van der Waals surface area (Å²) in [6.07, 6.45) is 0.0699. The highest BCUT2D eigenvalue weighted by Gasteiger charge is 2.44. The van der Waals surface area contributed by atoms with Crippen molar-refractivity contribution in [2.75, 3.05) is 6.61 Å². The Balaban J connectivity index is 1.64. The van der Waals surface area contributed by atoms with Gasteiger partial charge < -0.3 is 19.7 Å². The quantitative estimate of drug-likeness (QED) is 0.624. The average molecular weight is 335 g/mol. The third-order valence-electron chi connectivity index (χ3n) is 3.74. The third kappa shape index (κ3) is 3.44. The van der Waals surface area contributed by atoms with Crippen LogP contribution in [0.2, 0.25) is 0 Å². The molecule has 9 nitrogen and oxygen atoms in total. The standard InChI is InChI=1S/C15H17N3O6/c19-11-3-5-18(15(22)17-11)14-13(21)12(20)10(24-14)8-23-7-9-2-1-4-16-6-9/h1-6,10,12-14,20-21H,7-8H2,(H,17,19,22)/t10-,12-,13-,14-/m1/s1. The van der Waals surface area contributed by atoms with Gasteiger partial charge in [-0.25, -0.2) is 4.79 Å².